The molecule has 0 bridgehead atoms. The van der Waals surface area contributed by atoms with Gasteiger partial charge in [-0.3, -0.25) is 9.69 Å². The Hall–Kier alpha value is -1.44. The number of likely N-dealkylation sites (tertiary alicyclic amines) is 1. The zero-order valence-corrected chi connectivity index (χ0v) is 19.3. The standard InChI is InChI=1S/C22H35N3O3S/c1-16-13-17(2)22(18(3)14-16)29(27,28)24-11-9-23(10-12-24)15-21(26)25-19(4)7-6-8-20(25)5/h13-14,19-20H,6-12,15H2,1-5H3/t19-,20-/m0/s1. The van der Waals surface area contributed by atoms with Gasteiger partial charge < -0.3 is 4.90 Å². The van der Waals surface area contributed by atoms with E-state index in [-0.39, 0.29) is 5.91 Å². The van der Waals surface area contributed by atoms with Gasteiger partial charge in [-0.15, -0.1) is 0 Å². The molecule has 2 fully saturated rings. The number of piperidine rings is 1. The normalized spacial score (nSPS) is 24.7. The number of rotatable bonds is 4. The van der Waals surface area contributed by atoms with Gasteiger partial charge in [0, 0.05) is 38.3 Å². The van der Waals surface area contributed by atoms with Crippen LogP contribution in [0.4, 0.5) is 0 Å². The van der Waals surface area contributed by atoms with Crippen molar-refractivity contribution < 1.29 is 13.2 Å². The van der Waals surface area contributed by atoms with Gasteiger partial charge in [0.25, 0.3) is 0 Å². The Morgan fingerprint density at radius 2 is 1.48 bits per heavy atom. The number of amides is 1. The average Bonchev–Trinajstić information content (AvgIpc) is 2.60. The molecule has 2 aliphatic rings. The molecule has 0 saturated carbocycles. The van der Waals surface area contributed by atoms with Gasteiger partial charge in [0.1, 0.15) is 0 Å². The second-order valence-electron chi connectivity index (χ2n) is 8.84. The van der Waals surface area contributed by atoms with E-state index in [1.807, 2.05) is 37.8 Å². The summed E-state index contributed by atoms with van der Waals surface area (Å²) in [5.74, 6) is 0.172. The van der Waals surface area contributed by atoms with Crippen molar-refractivity contribution in [2.75, 3.05) is 32.7 Å². The molecule has 2 saturated heterocycles. The summed E-state index contributed by atoms with van der Waals surface area (Å²) in [4.78, 5) is 17.4. The molecule has 1 aromatic carbocycles. The summed E-state index contributed by atoms with van der Waals surface area (Å²) in [6, 6.07) is 4.44. The lowest BCUT2D eigenvalue weighted by atomic mass is 9.97. The summed E-state index contributed by atoms with van der Waals surface area (Å²) in [6.45, 7) is 12.4. The number of carbonyl (C=O) groups excluding carboxylic acids is 1. The highest BCUT2D eigenvalue weighted by atomic mass is 32.2. The first-order valence-corrected chi connectivity index (χ1v) is 12.2. The lowest BCUT2D eigenvalue weighted by Gasteiger charge is -2.41. The topological polar surface area (TPSA) is 60.9 Å². The number of carbonyl (C=O) groups is 1. The third-order valence-electron chi connectivity index (χ3n) is 6.37. The first-order chi connectivity index (χ1) is 13.6. The van der Waals surface area contributed by atoms with Gasteiger partial charge in [-0.2, -0.15) is 4.31 Å². The first-order valence-electron chi connectivity index (χ1n) is 10.7. The smallest absolute Gasteiger partial charge is 0.243 e. The predicted octanol–water partition coefficient (Wildman–Crippen LogP) is 2.71. The van der Waals surface area contributed by atoms with Gasteiger partial charge in [0.15, 0.2) is 0 Å². The van der Waals surface area contributed by atoms with Crippen molar-refractivity contribution in [2.45, 2.75) is 70.9 Å². The number of benzene rings is 1. The van der Waals surface area contributed by atoms with Crippen molar-refractivity contribution in [3.63, 3.8) is 0 Å². The van der Waals surface area contributed by atoms with Crippen LogP contribution in [0.3, 0.4) is 0 Å². The van der Waals surface area contributed by atoms with Crippen LogP contribution in [0, 0.1) is 20.8 Å². The number of nitrogens with zero attached hydrogens (tertiary/aromatic N) is 3. The highest BCUT2D eigenvalue weighted by Crippen LogP contribution is 2.26. The molecule has 6 nitrogen and oxygen atoms in total. The molecule has 0 aromatic heterocycles. The van der Waals surface area contributed by atoms with E-state index in [2.05, 4.69) is 18.7 Å². The summed E-state index contributed by atoms with van der Waals surface area (Å²) in [5.41, 5.74) is 2.67. The lowest BCUT2D eigenvalue weighted by Crippen LogP contribution is -2.54. The quantitative estimate of drug-likeness (QED) is 0.750. The Morgan fingerprint density at radius 3 is 2.00 bits per heavy atom. The van der Waals surface area contributed by atoms with Gasteiger partial charge in [-0.25, -0.2) is 8.42 Å². The molecular weight excluding hydrogens is 386 g/mol. The molecule has 0 radical (unpaired) electrons. The predicted molar refractivity (Wildman–Crippen MR) is 115 cm³/mol. The minimum absolute atomic E-state index is 0.172. The van der Waals surface area contributed by atoms with Gasteiger partial charge in [0.05, 0.1) is 11.4 Å². The molecule has 7 heteroatoms. The van der Waals surface area contributed by atoms with Crippen LogP contribution in [-0.4, -0.2) is 73.2 Å². The number of sulfonamides is 1. The Labute approximate surface area is 175 Å². The summed E-state index contributed by atoms with van der Waals surface area (Å²) in [6.07, 6.45) is 3.31. The zero-order chi connectivity index (χ0) is 21.3. The molecule has 162 valence electrons. The minimum Gasteiger partial charge on any atom is -0.336 e. The van der Waals surface area contributed by atoms with Crippen molar-refractivity contribution in [2.24, 2.45) is 0 Å². The zero-order valence-electron chi connectivity index (χ0n) is 18.4. The number of hydrogen-bond acceptors (Lipinski definition) is 4. The summed E-state index contributed by atoms with van der Waals surface area (Å²) < 4.78 is 28.0. The molecular formula is C22H35N3O3S. The van der Waals surface area contributed by atoms with E-state index in [9.17, 15) is 13.2 Å². The van der Waals surface area contributed by atoms with Crippen molar-refractivity contribution in [1.29, 1.82) is 0 Å². The molecule has 3 rings (SSSR count). The van der Waals surface area contributed by atoms with Crippen LogP contribution in [-0.2, 0) is 14.8 Å². The maximum atomic E-state index is 13.2. The van der Waals surface area contributed by atoms with E-state index < -0.39 is 10.0 Å². The highest BCUT2D eigenvalue weighted by molar-refractivity contribution is 7.89. The van der Waals surface area contributed by atoms with E-state index in [1.165, 1.54) is 6.42 Å². The van der Waals surface area contributed by atoms with E-state index in [0.29, 0.717) is 49.7 Å². The fourth-order valence-electron chi connectivity index (χ4n) is 5.02. The second kappa shape index (κ2) is 8.74. The first kappa shape index (κ1) is 22.2. The van der Waals surface area contributed by atoms with Crippen LogP contribution < -0.4 is 0 Å². The van der Waals surface area contributed by atoms with Crippen molar-refractivity contribution >= 4 is 15.9 Å². The van der Waals surface area contributed by atoms with Gasteiger partial charge in [-0.05, 0) is 65.0 Å². The molecule has 1 amide bonds. The fourth-order valence-corrected chi connectivity index (χ4v) is 6.85. The third-order valence-corrected chi connectivity index (χ3v) is 8.58. The minimum atomic E-state index is -3.52. The molecule has 29 heavy (non-hydrogen) atoms. The Morgan fingerprint density at radius 1 is 0.966 bits per heavy atom. The van der Waals surface area contributed by atoms with Crippen LogP contribution in [0.1, 0.15) is 49.8 Å². The Kier molecular flexibility index (Phi) is 6.70. The molecule has 2 aliphatic heterocycles. The van der Waals surface area contributed by atoms with Crippen LogP contribution in [0.25, 0.3) is 0 Å². The second-order valence-corrected chi connectivity index (χ2v) is 10.7. The molecule has 2 heterocycles. The Balaban J connectivity index is 1.64. The van der Waals surface area contributed by atoms with Crippen molar-refractivity contribution in [3.8, 4) is 0 Å². The van der Waals surface area contributed by atoms with Gasteiger partial charge in [-0.1, -0.05) is 17.7 Å². The van der Waals surface area contributed by atoms with E-state index >= 15 is 0 Å². The van der Waals surface area contributed by atoms with Crippen LogP contribution >= 0.6 is 0 Å². The molecule has 0 aliphatic carbocycles. The molecule has 1 aromatic rings. The van der Waals surface area contributed by atoms with E-state index in [1.54, 1.807) is 4.31 Å². The van der Waals surface area contributed by atoms with Crippen molar-refractivity contribution in [3.05, 3.63) is 28.8 Å². The lowest BCUT2D eigenvalue weighted by molar-refractivity contribution is -0.138. The van der Waals surface area contributed by atoms with E-state index in [0.717, 1.165) is 29.5 Å². The maximum Gasteiger partial charge on any atom is 0.243 e. The van der Waals surface area contributed by atoms with Crippen LogP contribution in [0.2, 0.25) is 0 Å². The fraction of sp³-hybridized carbons (Fsp3) is 0.682. The highest BCUT2D eigenvalue weighted by Gasteiger charge is 2.33. The van der Waals surface area contributed by atoms with Crippen molar-refractivity contribution in [1.82, 2.24) is 14.1 Å². The van der Waals surface area contributed by atoms with Gasteiger partial charge >= 0.3 is 0 Å². The van der Waals surface area contributed by atoms with E-state index in [4.69, 9.17) is 0 Å². The monoisotopic (exact) mass is 421 g/mol. The largest absolute Gasteiger partial charge is 0.336 e. The number of piperazine rings is 1. The average molecular weight is 422 g/mol. The molecule has 0 spiro atoms. The Bertz CT molecular complexity index is 827. The van der Waals surface area contributed by atoms with Gasteiger partial charge in [0.2, 0.25) is 15.9 Å². The SMILES string of the molecule is Cc1cc(C)c(S(=O)(=O)N2CCN(CC(=O)N3[C@@H](C)CCC[C@@H]3C)CC2)c(C)c1. The third kappa shape index (κ3) is 4.67. The molecule has 0 N–H and O–H groups in total. The molecule has 0 unspecified atom stereocenters. The number of hydrogen-bond donors (Lipinski definition) is 0. The van der Waals surface area contributed by atoms with Crippen LogP contribution in [0.5, 0.6) is 0 Å². The summed E-state index contributed by atoms with van der Waals surface area (Å²) in [7, 11) is -3.52. The maximum absolute atomic E-state index is 13.2. The van der Waals surface area contributed by atoms with Crippen LogP contribution in [0.15, 0.2) is 17.0 Å². The summed E-state index contributed by atoms with van der Waals surface area (Å²) in [5, 5.41) is 0. The number of aryl methyl sites for hydroxylation is 3. The summed E-state index contributed by atoms with van der Waals surface area (Å²) >= 11 is 0. The molecule has 2 atom stereocenters.